The fourth-order valence-corrected chi connectivity index (χ4v) is 5.57. The summed E-state index contributed by atoms with van der Waals surface area (Å²) in [5, 5.41) is 14.3. The number of nitrogens with zero attached hydrogens (tertiary/aromatic N) is 2. The number of cyclic esters (lactones) is 1. The third-order valence-corrected chi connectivity index (χ3v) is 7.18. The number of fused-ring (bicyclic) bond motifs is 5. The Bertz CT molecular complexity index is 1540. The molecular formula is C24H21FN4O5. The molecule has 9 nitrogen and oxygen atoms in total. The van der Waals surface area contributed by atoms with Crippen molar-refractivity contribution in [3.63, 3.8) is 0 Å². The van der Waals surface area contributed by atoms with Crippen LogP contribution in [0, 0.1) is 12.7 Å². The molecule has 2 aromatic heterocycles. The first-order chi connectivity index (χ1) is 16.1. The minimum Gasteiger partial charge on any atom is -0.457 e. The van der Waals surface area contributed by atoms with E-state index in [4.69, 9.17) is 15.5 Å². The smallest absolute Gasteiger partial charge is 0.358 e. The van der Waals surface area contributed by atoms with Crippen molar-refractivity contribution in [3.05, 3.63) is 61.7 Å². The number of nitrogens with two attached hydrogens (primary N) is 1. The number of aromatic nitrogens is 2. The molecule has 4 heterocycles. The zero-order valence-electron chi connectivity index (χ0n) is 18.5. The summed E-state index contributed by atoms with van der Waals surface area (Å²) >= 11 is 0. The Hall–Kier alpha value is -3.63. The fourth-order valence-electron chi connectivity index (χ4n) is 5.57. The number of ether oxygens (including phenoxy) is 1. The lowest BCUT2D eigenvalue weighted by molar-refractivity contribution is -0.171. The second-order valence-electron chi connectivity index (χ2n) is 9.16. The van der Waals surface area contributed by atoms with Crippen molar-refractivity contribution in [2.75, 3.05) is 0 Å². The zero-order valence-corrected chi connectivity index (χ0v) is 18.5. The van der Waals surface area contributed by atoms with Gasteiger partial charge in [0.1, 0.15) is 12.4 Å². The van der Waals surface area contributed by atoms with Crippen molar-refractivity contribution < 1.29 is 23.8 Å². The van der Waals surface area contributed by atoms with Crippen LogP contribution in [-0.4, -0.2) is 26.5 Å². The molecule has 0 saturated heterocycles. The van der Waals surface area contributed by atoms with Crippen molar-refractivity contribution in [1.29, 1.82) is 0 Å². The molecule has 3 aromatic rings. The van der Waals surface area contributed by atoms with Gasteiger partial charge in [-0.2, -0.15) is 0 Å². The first kappa shape index (κ1) is 20.9. The molecule has 10 heteroatoms. The van der Waals surface area contributed by atoms with E-state index in [9.17, 15) is 23.9 Å². The molecule has 0 fully saturated rings. The van der Waals surface area contributed by atoms with E-state index in [1.807, 2.05) is 0 Å². The van der Waals surface area contributed by atoms with Gasteiger partial charge in [0.15, 0.2) is 0 Å². The average molecular weight is 464 g/mol. The number of carbonyl (C=O) groups is 2. The summed E-state index contributed by atoms with van der Waals surface area (Å²) in [6.07, 6.45) is 1.16. The summed E-state index contributed by atoms with van der Waals surface area (Å²) in [7, 11) is 0. The van der Waals surface area contributed by atoms with Crippen LogP contribution in [0.2, 0.25) is 0 Å². The highest BCUT2D eigenvalue weighted by Gasteiger charge is 2.44. The Morgan fingerprint density at radius 1 is 1.32 bits per heavy atom. The third kappa shape index (κ3) is 2.60. The van der Waals surface area contributed by atoms with Gasteiger partial charge >= 0.3 is 5.97 Å². The number of hydrogen-bond donors (Lipinski definition) is 3. The molecule has 174 valence electrons. The van der Waals surface area contributed by atoms with Crippen LogP contribution in [0.25, 0.3) is 22.3 Å². The van der Waals surface area contributed by atoms with E-state index >= 15 is 0 Å². The van der Waals surface area contributed by atoms with Crippen LogP contribution in [0.1, 0.15) is 52.8 Å². The molecule has 4 N–H and O–H groups in total. The number of pyridine rings is 2. The topological polar surface area (TPSA) is 137 Å². The van der Waals surface area contributed by atoms with E-state index in [1.165, 1.54) is 23.6 Å². The normalized spacial score (nSPS) is 22.1. The summed E-state index contributed by atoms with van der Waals surface area (Å²) in [6, 6.07) is 2.52. The summed E-state index contributed by atoms with van der Waals surface area (Å²) in [4.78, 5) is 42.1. The Labute approximate surface area is 192 Å². The molecule has 2 atom stereocenters. The summed E-state index contributed by atoms with van der Waals surface area (Å²) in [5.74, 6) is -1.62. The van der Waals surface area contributed by atoms with E-state index in [-0.39, 0.29) is 42.0 Å². The number of amides is 1. The molecule has 2 aliphatic heterocycles. The van der Waals surface area contributed by atoms with Crippen LogP contribution in [0.15, 0.2) is 16.9 Å². The fraction of sp³-hybridized carbons (Fsp3) is 0.333. The highest BCUT2D eigenvalue weighted by Crippen LogP contribution is 2.45. The van der Waals surface area contributed by atoms with Crippen molar-refractivity contribution >= 4 is 22.8 Å². The van der Waals surface area contributed by atoms with E-state index in [0.717, 1.165) is 22.1 Å². The van der Waals surface area contributed by atoms with Crippen molar-refractivity contribution in [3.8, 4) is 11.4 Å². The van der Waals surface area contributed by atoms with Crippen LogP contribution in [0.4, 0.5) is 4.39 Å². The van der Waals surface area contributed by atoms with E-state index in [1.54, 1.807) is 6.92 Å². The number of halogens is 1. The molecule has 0 bridgehead atoms. The second-order valence-corrected chi connectivity index (χ2v) is 9.16. The van der Waals surface area contributed by atoms with Gasteiger partial charge in [-0.3, -0.25) is 15.3 Å². The SMILES string of the molecule is CC(=O)NC1CCc2c(C)c(F)cc3nc4c(c1c23)Cn1c-4cc2c(c1=O)COC(=O)[C@@]2(N)O. The molecule has 3 aliphatic rings. The van der Waals surface area contributed by atoms with Crippen LogP contribution < -0.4 is 16.6 Å². The van der Waals surface area contributed by atoms with Crippen LogP contribution in [0.5, 0.6) is 0 Å². The lowest BCUT2D eigenvalue weighted by atomic mass is 9.81. The molecule has 1 aliphatic carbocycles. The molecule has 0 radical (unpaired) electrons. The van der Waals surface area contributed by atoms with Gasteiger partial charge in [-0.1, -0.05) is 0 Å². The number of esters is 1. The Kier molecular flexibility index (Phi) is 4.13. The van der Waals surface area contributed by atoms with Gasteiger partial charge in [0.2, 0.25) is 11.6 Å². The summed E-state index contributed by atoms with van der Waals surface area (Å²) in [6.45, 7) is 3.05. The number of carbonyl (C=O) groups excluding carboxylic acids is 2. The zero-order chi connectivity index (χ0) is 24.1. The summed E-state index contributed by atoms with van der Waals surface area (Å²) < 4.78 is 21.2. The first-order valence-corrected chi connectivity index (χ1v) is 11.0. The first-order valence-electron chi connectivity index (χ1n) is 11.0. The van der Waals surface area contributed by atoms with Crippen LogP contribution in [-0.2, 0) is 39.6 Å². The molecule has 1 amide bonds. The lowest BCUT2D eigenvalue weighted by Crippen LogP contribution is -2.51. The van der Waals surface area contributed by atoms with Gasteiger partial charge in [-0.25, -0.2) is 14.2 Å². The Morgan fingerprint density at radius 2 is 2.09 bits per heavy atom. The standard InChI is InChI=1S/C24H21FN4O5/c1-9-11-3-4-16(27-10(2)30)20-12-7-29-18(21(12)28-17(19(11)20)6-15(9)25)5-14-13(22(29)31)8-34-23(32)24(14,26)33/h5-6,16,33H,3-4,7-8,26H2,1-2H3,(H,27,30)/t16?,24-/m0/s1. The number of benzene rings is 1. The Morgan fingerprint density at radius 3 is 2.82 bits per heavy atom. The predicted octanol–water partition coefficient (Wildman–Crippen LogP) is 1.16. The van der Waals surface area contributed by atoms with E-state index < -0.39 is 17.3 Å². The molecule has 0 spiro atoms. The number of nitrogens with one attached hydrogen (secondary N) is 1. The van der Waals surface area contributed by atoms with Gasteiger partial charge in [0, 0.05) is 29.5 Å². The minimum atomic E-state index is -2.47. The molecule has 1 unspecified atom stereocenters. The average Bonchev–Trinajstić information content (AvgIpc) is 3.14. The Balaban J connectivity index is 1.69. The number of aryl methyl sites for hydroxylation is 1. The maximum absolute atomic E-state index is 14.8. The maximum atomic E-state index is 14.8. The molecule has 0 saturated carbocycles. The van der Waals surface area contributed by atoms with Gasteiger partial charge < -0.3 is 19.7 Å². The highest BCUT2D eigenvalue weighted by atomic mass is 19.1. The third-order valence-electron chi connectivity index (χ3n) is 7.18. The monoisotopic (exact) mass is 464 g/mol. The molecule has 6 rings (SSSR count). The largest absolute Gasteiger partial charge is 0.457 e. The second kappa shape index (κ2) is 6.71. The maximum Gasteiger partial charge on any atom is 0.358 e. The predicted molar refractivity (Wildman–Crippen MR) is 118 cm³/mol. The van der Waals surface area contributed by atoms with Crippen molar-refractivity contribution in [2.24, 2.45) is 5.73 Å². The van der Waals surface area contributed by atoms with Gasteiger partial charge in [0.05, 0.1) is 35.1 Å². The number of aliphatic hydroxyl groups is 1. The molecular weight excluding hydrogens is 443 g/mol. The van der Waals surface area contributed by atoms with Gasteiger partial charge in [-0.05, 0) is 42.5 Å². The van der Waals surface area contributed by atoms with Crippen LogP contribution >= 0.6 is 0 Å². The van der Waals surface area contributed by atoms with Crippen molar-refractivity contribution in [2.45, 2.75) is 51.6 Å². The van der Waals surface area contributed by atoms with Gasteiger partial charge in [0.25, 0.3) is 5.56 Å². The van der Waals surface area contributed by atoms with E-state index in [2.05, 4.69) is 5.32 Å². The minimum absolute atomic E-state index is 0.0300. The molecule has 34 heavy (non-hydrogen) atoms. The number of hydrogen-bond acceptors (Lipinski definition) is 7. The lowest BCUT2D eigenvalue weighted by Gasteiger charge is -2.29. The number of rotatable bonds is 1. The highest BCUT2D eigenvalue weighted by molar-refractivity contribution is 5.93. The summed E-state index contributed by atoms with van der Waals surface area (Å²) in [5.41, 5.74) is 7.14. The quantitative estimate of drug-likeness (QED) is 0.284. The van der Waals surface area contributed by atoms with Crippen LogP contribution in [0.3, 0.4) is 0 Å². The van der Waals surface area contributed by atoms with E-state index in [0.29, 0.717) is 35.3 Å². The molecule has 1 aromatic carbocycles. The van der Waals surface area contributed by atoms with Crippen molar-refractivity contribution in [1.82, 2.24) is 14.9 Å². The van der Waals surface area contributed by atoms with Gasteiger partial charge in [-0.15, -0.1) is 0 Å².